The van der Waals surface area contributed by atoms with Crippen LogP contribution in [0.15, 0.2) is 182 Å². The van der Waals surface area contributed by atoms with E-state index in [9.17, 15) is 0 Å². The van der Waals surface area contributed by atoms with Crippen LogP contribution < -0.4 is 10.6 Å². The molecule has 0 atom stereocenters. The van der Waals surface area contributed by atoms with Crippen LogP contribution >= 0.6 is 0 Å². The Morgan fingerprint density at radius 1 is 0.672 bits per heavy atom. The summed E-state index contributed by atoms with van der Waals surface area (Å²) in [4.78, 5) is 0. The molecule has 3 nitrogen and oxygen atoms in total. The molecular formula is C64H73N3. The van der Waals surface area contributed by atoms with Crippen molar-refractivity contribution < 1.29 is 0 Å². The number of anilines is 1. The van der Waals surface area contributed by atoms with E-state index in [1.807, 2.05) is 47.0 Å². The molecule has 0 amide bonds. The van der Waals surface area contributed by atoms with Gasteiger partial charge in [-0.1, -0.05) is 206 Å². The van der Waals surface area contributed by atoms with E-state index in [4.69, 9.17) is 0 Å². The molecule has 2 heterocycles. The van der Waals surface area contributed by atoms with Crippen LogP contribution in [0.2, 0.25) is 0 Å². The van der Waals surface area contributed by atoms with Crippen LogP contribution in [0.1, 0.15) is 91.3 Å². The molecule has 0 unspecified atom stereocenters. The van der Waals surface area contributed by atoms with Crippen molar-refractivity contribution in [3.8, 4) is 0 Å². The van der Waals surface area contributed by atoms with E-state index in [0.29, 0.717) is 0 Å². The van der Waals surface area contributed by atoms with Gasteiger partial charge >= 0.3 is 0 Å². The average Bonchev–Trinajstić information content (AvgIpc) is 3.87. The molecule has 1 aliphatic carbocycles. The highest BCUT2D eigenvalue weighted by atomic mass is 15.0. The molecule has 9 aromatic rings. The number of nitrogens with zero attached hydrogens (tertiary/aromatic N) is 1. The lowest BCUT2D eigenvalue weighted by Gasteiger charge is -2.32. The first-order valence-corrected chi connectivity index (χ1v) is 24.3. The smallest absolute Gasteiger partial charge is 0.0786 e. The molecule has 3 heteroatoms. The zero-order chi connectivity index (χ0) is 48.4. The number of rotatable bonds is 7. The fourth-order valence-electron chi connectivity index (χ4n) is 9.67. The van der Waals surface area contributed by atoms with Crippen molar-refractivity contribution in [2.75, 3.05) is 19.4 Å². The number of benzene rings is 7. The van der Waals surface area contributed by atoms with Crippen LogP contribution in [0, 0.1) is 19.3 Å². The maximum atomic E-state index is 4.51. The van der Waals surface area contributed by atoms with Crippen LogP contribution in [0.5, 0.6) is 0 Å². The van der Waals surface area contributed by atoms with Crippen molar-refractivity contribution in [1.82, 2.24) is 9.72 Å². The predicted octanol–water partition coefficient (Wildman–Crippen LogP) is 18.6. The van der Waals surface area contributed by atoms with Gasteiger partial charge in [-0.15, -0.1) is 0 Å². The SMILES string of the molecule is C=C(/C=C\C=C/C)c1c(NC)c2c(c3ccccc13)c1cccc3c4cc5cccc(C)c5cc4n2c31.C=C(NC)C(C)(C)C1=C(C)CCC=C1.CC.CCC.Cc1cccc2ccccc12. The van der Waals surface area contributed by atoms with E-state index < -0.39 is 0 Å². The molecule has 0 radical (unpaired) electrons. The lowest BCUT2D eigenvalue weighted by Crippen LogP contribution is -2.26. The highest BCUT2D eigenvalue weighted by Gasteiger charge is 2.27. The lowest BCUT2D eigenvalue weighted by molar-refractivity contribution is 0.509. The van der Waals surface area contributed by atoms with E-state index >= 15 is 0 Å². The van der Waals surface area contributed by atoms with E-state index in [1.54, 1.807) is 0 Å². The topological polar surface area (TPSA) is 28.5 Å². The first kappa shape index (κ1) is 49.6. The molecule has 0 fully saturated rings. The third-order valence-electron chi connectivity index (χ3n) is 13.0. The summed E-state index contributed by atoms with van der Waals surface area (Å²) >= 11 is 0. The Morgan fingerprint density at radius 3 is 1.90 bits per heavy atom. The quantitative estimate of drug-likeness (QED) is 0.156. The molecule has 0 spiro atoms. The Morgan fingerprint density at radius 2 is 1.25 bits per heavy atom. The van der Waals surface area contributed by atoms with Gasteiger partial charge in [-0.05, 0) is 107 Å². The van der Waals surface area contributed by atoms with Gasteiger partial charge in [0.05, 0.1) is 22.2 Å². The van der Waals surface area contributed by atoms with Crippen LogP contribution in [-0.2, 0) is 0 Å². The number of aromatic nitrogens is 1. The zero-order valence-corrected chi connectivity index (χ0v) is 42.4. The van der Waals surface area contributed by atoms with Crippen LogP contribution in [0.25, 0.3) is 76.0 Å². The van der Waals surface area contributed by atoms with Gasteiger partial charge in [0.2, 0.25) is 0 Å². The third kappa shape index (κ3) is 9.70. The number of para-hydroxylation sites is 1. The molecule has 7 aromatic carbocycles. The Kier molecular flexibility index (Phi) is 16.4. The molecule has 0 saturated heterocycles. The van der Waals surface area contributed by atoms with E-state index in [0.717, 1.165) is 22.5 Å². The fraction of sp³-hybridized carbons (Fsp3) is 0.250. The number of hydrogen-bond donors (Lipinski definition) is 2. The van der Waals surface area contributed by atoms with Crippen molar-refractivity contribution in [3.63, 3.8) is 0 Å². The molecule has 0 saturated carbocycles. The summed E-state index contributed by atoms with van der Waals surface area (Å²) in [5.74, 6) is 0. The summed E-state index contributed by atoms with van der Waals surface area (Å²) in [5, 5.41) is 19.7. The first-order valence-electron chi connectivity index (χ1n) is 24.3. The number of nitrogens with one attached hydrogen (secondary N) is 2. The molecule has 344 valence electrons. The van der Waals surface area contributed by atoms with Crippen molar-refractivity contribution in [2.45, 2.75) is 88.5 Å². The van der Waals surface area contributed by atoms with Crippen LogP contribution in [-0.4, -0.2) is 18.5 Å². The molecular weight excluding hydrogens is 811 g/mol. The highest BCUT2D eigenvalue weighted by molar-refractivity contribution is 6.33. The summed E-state index contributed by atoms with van der Waals surface area (Å²) in [7, 11) is 3.97. The van der Waals surface area contributed by atoms with E-state index in [1.165, 1.54) is 112 Å². The minimum absolute atomic E-state index is 0.0375. The Hall–Kier alpha value is -6.84. The normalized spacial score (nSPS) is 12.6. The summed E-state index contributed by atoms with van der Waals surface area (Å²) in [5.41, 5.74) is 13.7. The third-order valence-corrected chi connectivity index (χ3v) is 13.0. The van der Waals surface area contributed by atoms with Gasteiger partial charge in [0.25, 0.3) is 0 Å². The predicted molar refractivity (Wildman–Crippen MR) is 302 cm³/mol. The van der Waals surface area contributed by atoms with Gasteiger partial charge in [0.1, 0.15) is 0 Å². The van der Waals surface area contributed by atoms with Gasteiger partial charge in [-0.25, -0.2) is 0 Å². The molecule has 1 aliphatic rings. The number of fused-ring (bicyclic) bond motifs is 10. The fourth-order valence-corrected chi connectivity index (χ4v) is 9.67. The Balaban J connectivity index is 0.000000201. The molecule has 0 aliphatic heterocycles. The van der Waals surface area contributed by atoms with Gasteiger partial charge in [0.15, 0.2) is 0 Å². The van der Waals surface area contributed by atoms with Crippen LogP contribution in [0.4, 0.5) is 5.69 Å². The largest absolute Gasteiger partial charge is 0.391 e. The maximum Gasteiger partial charge on any atom is 0.0786 e. The average molecular weight is 884 g/mol. The zero-order valence-electron chi connectivity index (χ0n) is 42.4. The van der Waals surface area contributed by atoms with Gasteiger partial charge in [-0.2, -0.15) is 0 Å². The van der Waals surface area contributed by atoms with Gasteiger partial charge < -0.3 is 15.0 Å². The second-order valence-corrected chi connectivity index (χ2v) is 17.9. The van der Waals surface area contributed by atoms with Crippen LogP contribution in [0.3, 0.4) is 0 Å². The monoisotopic (exact) mass is 884 g/mol. The summed E-state index contributed by atoms with van der Waals surface area (Å²) < 4.78 is 2.49. The maximum absolute atomic E-state index is 4.51. The summed E-state index contributed by atoms with van der Waals surface area (Å²) in [6, 6.07) is 41.7. The summed E-state index contributed by atoms with van der Waals surface area (Å²) in [6.07, 6.45) is 16.4. The van der Waals surface area contributed by atoms with Crippen molar-refractivity contribution in [1.29, 1.82) is 0 Å². The second-order valence-electron chi connectivity index (χ2n) is 17.9. The Labute approximate surface area is 401 Å². The molecule has 2 N–H and O–H groups in total. The van der Waals surface area contributed by atoms with Gasteiger partial charge in [0, 0.05) is 52.3 Å². The van der Waals surface area contributed by atoms with E-state index in [2.05, 4.69) is 216 Å². The number of hydrogen-bond acceptors (Lipinski definition) is 2. The Bertz CT molecular complexity index is 3320. The lowest BCUT2D eigenvalue weighted by atomic mass is 9.76. The first-order chi connectivity index (χ1) is 32.4. The molecule has 10 rings (SSSR count). The molecule has 2 aromatic heterocycles. The number of allylic oxidation sites excluding steroid dienone is 9. The standard InChI is InChI=1S/C35H28N2.C13H21N.C11H10.C3H8.C2H6/c1-5-6-7-12-22(3)31-24-15-8-9-16-25(24)32-27-18-11-17-26-29-19-23-14-10-13-21(2)28(23)20-30(29)37(34(26)27)35(32)33(31)36-4;1-10-8-6-7-9-12(10)13(3,4)11(2)14-5;1-9-5-4-7-10-6-2-3-8-11(9)10;1-3-2;1-2/h5-20,36H,3H2,1-2,4H3;7,9,14H,2,6,8H2,1,3-5H3;2-8H,1H3;3H2,1-2H3;1-2H3/b6-5-,12-7-;;;;. The van der Waals surface area contributed by atoms with Gasteiger partial charge in [-0.3, -0.25) is 0 Å². The minimum Gasteiger partial charge on any atom is -0.391 e. The number of aryl methyl sites for hydroxylation is 2. The van der Waals surface area contributed by atoms with Crippen molar-refractivity contribution >= 4 is 81.7 Å². The molecule has 67 heavy (non-hydrogen) atoms. The van der Waals surface area contributed by atoms with Crippen molar-refractivity contribution in [3.05, 3.63) is 198 Å². The minimum atomic E-state index is 0.0375. The van der Waals surface area contributed by atoms with Crippen molar-refractivity contribution in [2.24, 2.45) is 5.41 Å². The molecule has 0 bridgehead atoms. The van der Waals surface area contributed by atoms with E-state index in [-0.39, 0.29) is 5.41 Å². The second kappa shape index (κ2) is 22.1. The summed E-state index contributed by atoms with van der Waals surface area (Å²) in [6.45, 7) is 29.9. The highest BCUT2D eigenvalue weighted by Crippen LogP contribution is 2.48.